The predicted molar refractivity (Wildman–Crippen MR) is 65.1 cm³/mol. The lowest BCUT2D eigenvalue weighted by molar-refractivity contribution is 0.507. The van der Waals surface area contributed by atoms with Crippen molar-refractivity contribution in [3.63, 3.8) is 0 Å². The Morgan fingerprint density at radius 3 is 2.13 bits per heavy atom. The fraction of sp³-hybridized carbons (Fsp3) is 0.750. The summed E-state index contributed by atoms with van der Waals surface area (Å²) in [5.41, 5.74) is 7.20. The van der Waals surface area contributed by atoms with E-state index >= 15 is 0 Å². The van der Waals surface area contributed by atoms with Crippen molar-refractivity contribution in [2.75, 3.05) is 5.73 Å². The van der Waals surface area contributed by atoms with Crippen LogP contribution in [-0.4, -0.2) is 9.55 Å². The van der Waals surface area contributed by atoms with Crippen LogP contribution in [0.3, 0.4) is 0 Å². The van der Waals surface area contributed by atoms with E-state index in [2.05, 4.69) is 51.1 Å². The highest BCUT2D eigenvalue weighted by Crippen LogP contribution is 2.29. The van der Waals surface area contributed by atoms with Gasteiger partial charge in [0, 0.05) is 12.0 Å². The Morgan fingerprint density at radius 2 is 1.87 bits per heavy atom. The molecule has 3 heteroatoms. The lowest BCUT2D eigenvalue weighted by Crippen LogP contribution is -2.19. The number of aromatic nitrogens is 2. The van der Waals surface area contributed by atoms with Gasteiger partial charge in [0.25, 0.3) is 0 Å². The molecule has 0 spiro atoms. The second-order valence-electron chi connectivity index (χ2n) is 5.35. The molecule has 0 unspecified atom stereocenters. The second kappa shape index (κ2) is 3.87. The first-order chi connectivity index (χ1) is 6.79. The van der Waals surface area contributed by atoms with Crippen LogP contribution in [0.5, 0.6) is 0 Å². The van der Waals surface area contributed by atoms with Crippen molar-refractivity contribution in [3.05, 3.63) is 11.5 Å². The minimum atomic E-state index is 0.0528. The summed E-state index contributed by atoms with van der Waals surface area (Å²) >= 11 is 0. The van der Waals surface area contributed by atoms with E-state index in [1.54, 1.807) is 0 Å². The molecular formula is C12H23N3. The minimum Gasteiger partial charge on any atom is -0.384 e. The van der Waals surface area contributed by atoms with Crippen LogP contribution in [0.1, 0.15) is 59.0 Å². The summed E-state index contributed by atoms with van der Waals surface area (Å²) in [5.74, 6) is 2.31. The van der Waals surface area contributed by atoms with Crippen LogP contribution in [0.4, 0.5) is 5.82 Å². The van der Waals surface area contributed by atoms with Gasteiger partial charge < -0.3 is 10.3 Å². The highest BCUT2D eigenvalue weighted by atomic mass is 15.1. The highest BCUT2D eigenvalue weighted by Gasteiger charge is 2.24. The minimum absolute atomic E-state index is 0.0528. The second-order valence-corrected chi connectivity index (χ2v) is 5.35. The molecule has 0 radical (unpaired) electrons. The summed E-state index contributed by atoms with van der Waals surface area (Å²) in [4.78, 5) is 4.69. The number of anilines is 1. The fourth-order valence-electron chi connectivity index (χ4n) is 1.80. The standard InChI is InChI=1S/C12H23N3/c1-7-15-10(13)9(8(2)3)14-11(15)12(4,5)6/h8H,7,13H2,1-6H3. The fourth-order valence-corrected chi connectivity index (χ4v) is 1.80. The van der Waals surface area contributed by atoms with Crippen molar-refractivity contribution in [2.45, 2.75) is 59.4 Å². The number of nitrogens with zero attached hydrogens (tertiary/aromatic N) is 2. The summed E-state index contributed by atoms with van der Waals surface area (Å²) < 4.78 is 2.12. The van der Waals surface area contributed by atoms with Crippen molar-refractivity contribution in [2.24, 2.45) is 0 Å². The Morgan fingerprint density at radius 1 is 1.33 bits per heavy atom. The molecule has 0 aromatic carbocycles. The molecule has 0 bridgehead atoms. The number of rotatable bonds is 2. The van der Waals surface area contributed by atoms with Crippen LogP contribution in [0, 0.1) is 0 Å². The third-order valence-electron chi connectivity index (χ3n) is 2.57. The first kappa shape index (κ1) is 12.1. The first-order valence-electron chi connectivity index (χ1n) is 5.65. The lowest BCUT2D eigenvalue weighted by atomic mass is 9.95. The zero-order valence-corrected chi connectivity index (χ0v) is 10.8. The first-order valence-corrected chi connectivity index (χ1v) is 5.65. The molecule has 0 atom stereocenters. The normalized spacial score (nSPS) is 12.5. The molecular weight excluding hydrogens is 186 g/mol. The average molecular weight is 209 g/mol. The molecule has 3 nitrogen and oxygen atoms in total. The Bertz CT molecular complexity index is 342. The predicted octanol–water partition coefficient (Wildman–Crippen LogP) is 2.91. The lowest BCUT2D eigenvalue weighted by Gasteiger charge is -2.19. The zero-order chi connectivity index (χ0) is 11.8. The van der Waals surface area contributed by atoms with Gasteiger partial charge in [-0.1, -0.05) is 34.6 Å². The van der Waals surface area contributed by atoms with Crippen molar-refractivity contribution in [3.8, 4) is 0 Å². The van der Waals surface area contributed by atoms with Gasteiger partial charge in [0.2, 0.25) is 0 Å². The summed E-state index contributed by atoms with van der Waals surface area (Å²) in [6.07, 6.45) is 0. The number of imidazole rings is 1. The maximum Gasteiger partial charge on any atom is 0.127 e. The van der Waals surface area contributed by atoms with Crippen molar-refractivity contribution < 1.29 is 0 Å². The Balaban J connectivity index is 3.35. The number of hydrogen-bond acceptors (Lipinski definition) is 2. The monoisotopic (exact) mass is 209 g/mol. The van der Waals surface area contributed by atoms with Crippen molar-refractivity contribution in [1.82, 2.24) is 9.55 Å². The van der Waals surface area contributed by atoms with Gasteiger partial charge in [-0.15, -0.1) is 0 Å². The molecule has 0 aliphatic carbocycles. The van der Waals surface area contributed by atoms with Crippen LogP contribution in [0.25, 0.3) is 0 Å². The molecule has 0 saturated heterocycles. The molecule has 0 aliphatic heterocycles. The Kier molecular flexibility index (Phi) is 3.12. The molecule has 0 amide bonds. The maximum atomic E-state index is 6.11. The van der Waals surface area contributed by atoms with E-state index in [1.807, 2.05) is 0 Å². The third-order valence-corrected chi connectivity index (χ3v) is 2.57. The molecule has 86 valence electrons. The number of nitrogens with two attached hydrogens (primary N) is 1. The molecule has 0 saturated carbocycles. The van der Waals surface area contributed by atoms with Crippen LogP contribution in [-0.2, 0) is 12.0 Å². The SMILES string of the molecule is CCn1c(C(C)(C)C)nc(C(C)C)c1N. The van der Waals surface area contributed by atoms with Crippen LogP contribution in [0.15, 0.2) is 0 Å². The largest absolute Gasteiger partial charge is 0.384 e. The number of nitrogen functional groups attached to an aromatic ring is 1. The van der Waals surface area contributed by atoms with E-state index in [4.69, 9.17) is 5.73 Å². The van der Waals surface area contributed by atoms with Crippen molar-refractivity contribution >= 4 is 5.82 Å². The molecule has 1 aromatic rings. The summed E-state index contributed by atoms with van der Waals surface area (Å²) in [7, 11) is 0. The molecule has 15 heavy (non-hydrogen) atoms. The van der Waals surface area contributed by atoms with Crippen LogP contribution >= 0.6 is 0 Å². The molecule has 1 rings (SSSR count). The Hall–Kier alpha value is -0.990. The van der Waals surface area contributed by atoms with E-state index in [9.17, 15) is 0 Å². The van der Waals surface area contributed by atoms with E-state index in [1.165, 1.54) is 0 Å². The summed E-state index contributed by atoms with van der Waals surface area (Å²) in [6, 6.07) is 0. The molecule has 0 fully saturated rings. The van der Waals surface area contributed by atoms with E-state index < -0.39 is 0 Å². The van der Waals surface area contributed by atoms with E-state index in [0.29, 0.717) is 5.92 Å². The van der Waals surface area contributed by atoms with Crippen molar-refractivity contribution in [1.29, 1.82) is 0 Å². The summed E-state index contributed by atoms with van der Waals surface area (Å²) in [6.45, 7) is 13.8. The van der Waals surface area contributed by atoms with Gasteiger partial charge in [-0.3, -0.25) is 0 Å². The van der Waals surface area contributed by atoms with E-state index in [0.717, 1.165) is 23.9 Å². The zero-order valence-electron chi connectivity index (χ0n) is 10.8. The average Bonchev–Trinajstić information content (AvgIpc) is 2.41. The molecule has 0 aliphatic rings. The maximum absolute atomic E-state index is 6.11. The topological polar surface area (TPSA) is 43.8 Å². The molecule has 2 N–H and O–H groups in total. The van der Waals surface area contributed by atoms with Gasteiger partial charge in [0.1, 0.15) is 11.6 Å². The Labute approximate surface area is 92.7 Å². The number of hydrogen-bond donors (Lipinski definition) is 1. The van der Waals surface area contributed by atoms with Crippen LogP contribution < -0.4 is 5.73 Å². The quantitative estimate of drug-likeness (QED) is 0.814. The van der Waals surface area contributed by atoms with Gasteiger partial charge in [-0.25, -0.2) is 4.98 Å². The van der Waals surface area contributed by atoms with Gasteiger partial charge in [-0.2, -0.15) is 0 Å². The molecule has 1 aromatic heterocycles. The molecule has 1 heterocycles. The van der Waals surface area contributed by atoms with Gasteiger partial charge in [0.05, 0.1) is 5.69 Å². The van der Waals surface area contributed by atoms with Gasteiger partial charge in [0.15, 0.2) is 0 Å². The smallest absolute Gasteiger partial charge is 0.127 e. The van der Waals surface area contributed by atoms with Crippen LogP contribution in [0.2, 0.25) is 0 Å². The van der Waals surface area contributed by atoms with Gasteiger partial charge >= 0.3 is 0 Å². The highest BCUT2D eigenvalue weighted by molar-refractivity contribution is 5.41. The summed E-state index contributed by atoms with van der Waals surface area (Å²) in [5, 5.41) is 0. The third kappa shape index (κ3) is 2.16. The van der Waals surface area contributed by atoms with E-state index in [-0.39, 0.29) is 5.41 Å². The van der Waals surface area contributed by atoms with Gasteiger partial charge in [-0.05, 0) is 12.8 Å².